The third-order valence-electron chi connectivity index (χ3n) is 3.75. The van der Waals surface area contributed by atoms with Gasteiger partial charge in [-0.1, -0.05) is 6.92 Å². The van der Waals surface area contributed by atoms with E-state index in [-0.39, 0.29) is 6.04 Å². The molecule has 1 aliphatic rings. The molecule has 1 aromatic carbocycles. The minimum atomic E-state index is -3.40. The zero-order chi connectivity index (χ0) is 16.9. The Labute approximate surface area is 138 Å². The first-order valence-electron chi connectivity index (χ1n) is 7.67. The first kappa shape index (κ1) is 18.0. The number of ether oxygens (including phenoxy) is 2. The van der Waals surface area contributed by atoms with Crippen molar-refractivity contribution in [3.63, 3.8) is 0 Å². The van der Waals surface area contributed by atoms with Crippen LogP contribution in [0.25, 0.3) is 0 Å². The summed E-state index contributed by atoms with van der Waals surface area (Å²) >= 11 is 0. The fourth-order valence-electron chi connectivity index (χ4n) is 2.74. The van der Waals surface area contributed by atoms with E-state index < -0.39 is 10.2 Å². The van der Waals surface area contributed by atoms with Gasteiger partial charge in [0.2, 0.25) is 0 Å². The summed E-state index contributed by atoms with van der Waals surface area (Å²) in [6.07, 6.45) is 0.797. The van der Waals surface area contributed by atoms with E-state index in [1.807, 2.05) is 18.2 Å². The van der Waals surface area contributed by atoms with E-state index in [2.05, 4.69) is 14.3 Å². The van der Waals surface area contributed by atoms with E-state index in [0.29, 0.717) is 13.1 Å². The van der Waals surface area contributed by atoms with Crippen LogP contribution in [0.3, 0.4) is 0 Å². The predicted octanol–water partition coefficient (Wildman–Crippen LogP) is 0.722. The highest BCUT2D eigenvalue weighted by Crippen LogP contribution is 2.24. The van der Waals surface area contributed by atoms with E-state index in [4.69, 9.17) is 9.47 Å². The lowest BCUT2D eigenvalue weighted by molar-refractivity contribution is 0.322. The predicted molar refractivity (Wildman–Crippen MR) is 89.0 cm³/mol. The zero-order valence-corrected chi connectivity index (χ0v) is 14.6. The summed E-state index contributed by atoms with van der Waals surface area (Å²) < 4.78 is 39.2. The van der Waals surface area contributed by atoms with Crippen LogP contribution in [0.15, 0.2) is 18.2 Å². The molecule has 1 aliphatic heterocycles. The molecule has 0 aromatic heterocycles. The quantitative estimate of drug-likeness (QED) is 0.727. The molecule has 1 atom stereocenters. The average molecular weight is 343 g/mol. The fraction of sp³-hybridized carbons (Fsp3) is 0.600. The van der Waals surface area contributed by atoms with Crippen LogP contribution in [0.4, 0.5) is 0 Å². The van der Waals surface area contributed by atoms with Gasteiger partial charge in [0, 0.05) is 38.3 Å². The summed E-state index contributed by atoms with van der Waals surface area (Å²) in [4.78, 5) is 2.22. The second kappa shape index (κ2) is 7.96. The highest BCUT2D eigenvalue weighted by atomic mass is 32.2. The minimum absolute atomic E-state index is 0.0634. The molecule has 0 amide bonds. The molecule has 1 aromatic rings. The molecule has 0 unspecified atom stereocenters. The van der Waals surface area contributed by atoms with Crippen molar-refractivity contribution < 1.29 is 17.9 Å². The highest BCUT2D eigenvalue weighted by Gasteiger charge is 2.26. The maximum Gasteiger partial charge on any atom is 0.277 e. The monoisotopic (exact) mass is 343 g/mol. The number of nitrogens with zero attached hydrogens (tertiary/aromatic N) is 1. The van der Waals surface area contributed by atoms with E-state index >= 15 is 0 Å². The molecule has 0 radical (unpaired) electrons. The molecule has 0 saturated carbocycles. The molecule has 1 heterocycles. The van der Waals surface area contributed by atoms with Gasteiger partial charge in [-0.25, -0.2) is 4.72 Å². The number of nitrogens with one attached hydrogen (secondary N) is 2. The lowest BCUT2D eigenvalue weighted by Gasteiger charge is -2.18. The molecule has 7 nitrogen and oxygen atoms in total. The summed E-state index contributed by atoms with van der Waals surface area (Å²) in [5, 5.41) is 0. The van der Waals surface area contributed by atoms with Crippen LogP contribution >= 0.6 is 0 Å². The Bertz CT molecular complexity index is 599. The fourth-order valence-corrected chi connectivity index (χ4v) is 3.83. The third-order valence-corrected chi connectivity index (χ3v) is 5.06. The Morgan fingerprint density at radius 3 is 2.43 bits per heavy atom. The molecular formula is C15H25N3O4S. The van der Waals surface area contributed by atoms with Gasteiger partial charge >= 0.3 is 0 Å². The number of benzene rings is 1. The Kier molecular flexibility index (Phi) is 6.23. The summed E-state index contributed by atoms with van der Waals surface area (Å²) in [6.45, 7) is 4.40. The Morgan fingerprint density at radius 2 is 1.87 bits per heavy atom. The second-order valence-electron chi connectivity index (χ2n) is 5.56. The van der Waals surface area contributed by atoms with Crippen LogP contribution in [0.5, 0.6) is 11.5 Å². The van der Waals surface area contributed by atoms with Crippen LogP contribution in [-0.2, 0) is 16.8 Å². The van der Waals surface area contributed by atoms with Crippen molar-refractivity contribution in [3.05, 3.63) is 23.8 Å². The molecule has 1 saturated heterocycles. The standard InChI is InChI=1S/C15H25N3O4S/c1-4-16-23(19,20)17-13-5-6-18(11-13)10-12-7-14(21-2)9-15(8-12)22-3/h7-9,13,16-17H,4-6,10-11H2,1-3H3/t13-/m1/s1. The zero-order valence-electron chi connectivity index (χ0n) is 13.8. The SMILES string of the molecule is CCNS(=O)(=O)N[C@@H]1CCN(Cc2cc(OC)cc(OC)c2)C1. The summed E-state index contributed by atoms with van der Waals surface area (Å²) in [6, 6.07) is 5.71. The molecule has 0 bridgehead atoms. The van der Waals surface area contributed by atoms with Gasteiger partial charge in [-0.15, -0.1) is 0 Å². The number of hydrogen-bond donors (Lipinski definition) is 2. The van der Waals surface area contributed by atoms with Crippen molar-refractivity contribution in [1.29, 1.82) is 0 Å². The maximum absolute atomic E-state index is 11.7. The summed E-state index contributed by atoms with van der Waals surface area (Å²) in [7, 11) is -0.149. The highest BCUT2D eigenvalue weighted by molar-refractivity contribution is 7.87. The molecule has 2 rings (SSSR count). The smallest absolute Gasteiger partial charge is 0.277 e. The van der Waals surface area contributed by atoms with Gasteiger partial charge in [0.15, 0.2) is 0 Å². The van der Waals surface area contributed by atoms with Crippen LogP contribution in [0, 0.1) is 0 Å². The molecule has 0 spiro atoms. The lowest BCUT2D eigenvalue weighted by atomic mass is 10.2. The first-order chi connectivity index (χ1) is 11.0. The van der Waals surface area contributed by atoms with Gasteiger partial charge < -0.3 is 9.47 Å². The van der Waals surface area contributed by atoms with E-state index in [9.17, 15) is 8.42 Å². The van der Waals surface area contributed by atoms with Crippen molar-refractivity contribution in [3.8, 4) is 11.5 Å². The molecule has 23 heavy (non-hydrogen) atoms. The maximum atomic E-state index is 11.7. The van der Waals surface area contributed by atoms with Gasteiger partial charge in [0.25, 0.3) is 10.2 Å². The van der Waals surface area contributed by atoms with Crippen molar-refractivity contribution in [2.45, 2.75) is 25.9 Å². The van der Waals surface area contributed by atoms with Gasteiger partial charge in [-0.05, 0) is 24.1 Å². The van der Waals surface area contributed by atoms with E-state index in [1.54, 1.807) is 21.1 Å². The van der Waals surface area contributed by atoms with Crippen LogP contribution < -0.4 is 18.9 Å². The summed E-state index contributed by atoms with van der Waals surface area (Å²) in [5.41, 5.74) is 1.08. The Hall–Kier alpha value is -1.35. The van der Waals surface area contributed by atoms with Crippen LogP contribution in [-0.4, -0.2) is 53.2 Å². The van der Waals surface area contributed by atoms with Crippen molar-refractivity contribution >= 4 is 10.2 Å². The number of rotatable bonds is 8. The minimum Gasteiger partial charge on any atom is -0.497 e. The summed E-state index contributed by atoms with van der Waals surface area (Å²) in [5.74, 6) is 1.51. The number of likely N-dealkylation sites (tertiary alicyclic amines) is 1. The molecular weight excluding hydrogens is 318 g/mol. The van der Waals surface area contributed by atoms with E-state index in [0.717, 1.165) is 36.6 Å². The molecule has 130 valence electrons. The van der Waals surface area contributed by atoms with Gasteiger partial charge in [0.05, 0.1) is 14.2 Å². The van der Waals surface area contributed by atoms with Crippen molar-refractivity contribution in [2.24, 2.45) is 0 Å². The lowest BCUT2D eigenvalue weighted by Crippen LogP contribution is -2.43. The normalized spacial score (nSPS) is 19.0. The van der Waals surface area contributed by atoms with Gasteiger partial charge in [-0.3, -0.25) is 4.90 Å². The molecule has 1 fully saturated rings. The number of hydrogen-bond acceptors (Lipinski definition) is 5. The van der Waals surface area contributed by atoms with Crippen LogP contribution in [0.1, 0.15) is 18.9 Å². The number of methoxy groups -OCH3 is 2. The van der Waals surface area contributed by atoms with Crippen molar-refractivity contribution in [2.75, 3.05) is 33.9 Å². The topological polar surface area (TPSA) is 79.9 Å². The average Bonchev–Trinajstić information content (AvgIpc) is 2.92. The Morgan fingerprint density at radius 1 is 1.22 bits per heavy atom. The molecule has 2 N–H and O–H groups in total. The molecule has 8 heteroatoms. The third kappa shape index (κ3) is 5.35. The molecule has 0 aliphatic carbocycles. The van der Waals surface area contributed by atoms with Crippen molar-refractivity contribution in [1.82, 2.24) is 14.3 Å². The Balaban J connectivity index is 1.95. The van der Waals surface area contributed by atoms with Gasteiger partial charge in [0.1, 0.15) is 11.5 Å². The van der Waals surface area contributed by atoms with Gasteiger partial charge in [-0.2, -0.15) is 13.1 Å². The largest absolute Gasteiger partial charge is 0.497 e. The first-order valence-corrected chi connectivity index (χ1v) is 9.15. The van der Waals surface area contributed by atoms with E-state index in [1.165, 1.54) is 0 Å². The van der Waals surface area contributed by atoms with Crippen LogP contribution in [0.2, 0.25) is 0 Å². The second-order valence-corrected chi connectivity index (χ2v) is 7.09.